The first kappa shape index (κ1) is 13.1. The van der Waals surface area contributed by atoms with Crippen molar-refractivity contribution in [3.8, 4) is 0 Å². The summed E-state index contributed by atoms with van der Waals surface area (Å²) in [4.78, 5) is 11.8. The Morgan fingerprint density at radius 3 is 2.79 bits per heavy atom. The first-order valence-electron chi connectivity index (χ1n) is 5.82. The molecule has 6 heteroatoms. The van der Waals surface area contributed by atoms with E-state index >= 15 is 0 Å². The van der Waals surface area contributed by atoms with E-state index in [1.54, 1.807) is 19.9 Å². The van der Waals surface area contributed by atoms with Gasteiger partial charge in [-0.1, -0.05) is 6.07 Å². The summed E-state index contributed by atoms with van der Waals surface area (Å²) in [5, 5.41) is 6.77. The number of hydrogen-bond donors (Lipinski definition) is 2. The molecule has 0 fully saturated rings. The van der Waals surface area contributed by atoms with Crippen LogP contribution in [-0.4, -0.2) is 15.7 Å². The number of hydrogen-bond acceptors (Lipinski definition) is 3. The predicted octanol–water partition coefficient (Wildman–Crippen LogP) is 1.86. The molecule has 0 atom stereocenters. The van der Waals surface area contributed by atoms with Crippen LogP contribution in [0.15, 0.2) is 24.3 Å². The molecule has 5 nitrogen and oxygen atoms in total. The van der Waals surface area contributed by atoms with E-state index in [0.29, 0.717) is 17.1 Å². The SMILES string of the molecule is Cc1nn(CC(=O)Nc2cccc(F)c2)c(C)c1N. The van der Waals surface area contributed by atoms with Crippen LogP contribution in [0.2, 0.25) is 0 Å². The number of rotatable bonds is 3. The van der Waals surface area contributed by atoms with Gasteiger partial charge in [-0.25, -0.2) is 4.39 Å². The summed E-state index contributed by atoms with van der Waals surface area (Å²) in [6.45, 7) is 3.62. The quantitative estimate of drug-likeness (QED) is 0.886. The lowest BCUT2D eigenvalue weighted by Gasteiger charge is -2.06. The van der Waals surface area contributed by atoms with Crippen molar-refractivity contribution in [2.45, 2.75) is 20.4 Å². The molecule has 100 valence electrons. The van der Waals surface area contributed by atoms with E-state index in [9.17, 15) is 9.18 Å². The van der Waals surface area contributed by atoms with Crippen LogP contribution < -0.4 is 11.1 Å². The second-order valence-corrected chi connectivity index (χ2v) is 4.30. The third-order valence-corrected chi connectivity index (χ3v) is 2.84. The molecule has 0 bridgehead atoms. The van der Waals surface area contributed by atoms with Gasteiger partial charge in [-0.3, -0.25) is 9.48 Å². The van der Waals surface area contributed by atoms with Crippen LogP contribution in [-0.2, 0) is 11.3 Å². The molecule has 19 heavy (non-hydrogen) atoms. The first-order valence-corrected chi connectivity index (χ1v) is 5.82. The van der Waals surface area contributed by atoms with Crippen molar-refractivity contribution in [3.63, 3.8) is 0 Å². The van der Waals surface area contributed by atoms with Crippen molar-refractivity contribution in [2.24, 2.45) is 0 Å². The van der Waals surface area contributed by atoms with Gasteiger partial charge in [0.1, 0.15) is 12.4 Å². The van der Waals surface area contributed by atoms with Crippen LogP contribution in [0, 0.1) is 19.7 Å². The Morgan fingerprint density at radius 2 is 2.21 bits per heavy atom. The Kier molecular flexibility index (Phi) is 3.50. The third kappa shape index (κ3) is 2.90. The summed E-state index contributed by atoms with van der Waals surface area (Å²) in [5.74, 6) is -0.677. The Labute approximate surface area is 110 Å². The van der Waals surface area contributed by atoms with Gasteiger partial charge in [0.05, 0.1) is 17.1 Å². The average Bonchev–Trinajstić information content (AvgIpc) is 2.57. The molecule has 1 aromatic carbocycles. The highest BCUT2D eigenvalue weighted by molar-refractivity contribution is 5.90. The van der Waals surface area contributed by atoms with Crippen LogP contribution in [0.5, 0.6) is 0 Å². The minimum Gasteiger partial charge on any atom is -0.396 e. The summed E-state index contributed by atoms with van der Waals surface area (Å²) in [6.07, 6.45) is 0. The van der Waals surface area contributed by atoms with E-state index in [0.717, 1.165) is 5.69 Å². The Hall–Kier alpha value is -2.37. The third-order valence-electron chi connectivity index (χ3n) is 2.84. The molecule has 0 aliphatic heterocycles. The average molecular weight is 262 g/mol. The molecule has 0 aliphatic carbocycles. The highest BCUT2D eigenvalue weighted by Crippen LogP contribution is 2.15. The number of aryl methyl sites for hydroxylation is 1. The van der Waals surface area contributed by atoms with E-state index in [4.69, 9.17) is 5.73 Å². The maximum Gasteiger partial charge on any atom is 0.246 e. The van der Waals surface area contributed by atoms with Gasteiger partial charge >= 0.3 is 0 Å². The van der Waals surface area contributed by atoms with Gasteiger partial charge in [0.15, 0.2) is 0 Å². The standard InChI is InChI=1S/C13H15FN4O/c1-8-13(15)9(2)18(17-8)7-12(19)16-11-5-3-4-10(14)6-11/h3-6H,7,15H2,1-2H3,(H,16,19). The number of nitrogen functional groups attached to an aromatic ring is 1. The fourth-order valence-electron chi connectivity index (χ4n) is 1.77. The molecule has 0 saturated heterocycles. The lowest BCUT2D eigenvalue weighted by molar-refractivity contribution is -0.116. The van der Waals surface area contributed by atoms with Crippen LogP contribution >= 0.6 is 0 Å². The molecule has 2 rings (SSSR count). The number of nitrogens with one attached hydrogen (secondary N) is 1. The second kappa shape index (κ2) is 5.09. The van der Waals surface area contributed by atoms with E-state index in [1.807, 2.05) is 0 Å². The first-order chi connectivity index (χ1) is 8.97. The monoisotopic (exact) mass is 262 g/mol. The van der Waals surface area contributed by atoms with Gasteiger partial charge in [0.25, 0.3) is 0 Å². The summed E-state index contributed by atoms with van der Waals surface area (Å²) in [7, 11) is 0. The van der Waals surface area contributed by atoms with Crippen LogP contribution in [0.4, 0.5) is 15.8 Å². The Bertz CT molecular complexity index is 621. The molecule has 0 aliphatic rings. The zero-order chi connectivity index (χ0) is 14.0. The number of anilines is 2. The normalized spacial score (nSPS) is 10.5. The topological polar surface area (TPSA) is 72.9 Å². The lowest BCUT2D eigenvalue weighted by atomic mass is 10.3. The lowest BCUT2D eigenvalue weighted by Crippen LogP contribution is -2.20. The molecule has 0 spiro atoms. The van der Waals surface area contributed by atoms with Gasteiger partial charge in [-0.15, -0.1) is 0 Å². The summed E-state index contributed by atoms with van der Waals surface area (Å²) >= 11 is 0. The summed E-state index contributed by atoms with van der Waals surface area (Å²) in [5.41, 5.74) is 8.22. The van der Waals surface area contributed by atoms with Crippen molar-refractivity contribution in [3.05, 3.63) is 41.5 Å². The Morgan fingerprint density at radius 1 is 1.47 bits per heavy atom. The number of carbonyl (C=O) groups is 1. The smallest absolute Gasteiger partial charge is 0.246 e. The second-order valence-electron chi connectivity index (χ2n) is 4.30. The largest absolute Gasteiger partial charge is 0.396 e. The van der Waals surface area contributed by atoms with Crippen molar-refractivity contribution in [2.75, 3.05) is 11.1 Å². The summed E-state index contributed by atoms with van der Waals surface area (Å²) < 4.78 is 14.5. The number of aromatic nitrogens is 2. The molecule has 0 saturated carbocycles. The number of nitrogens with zero attached hydrogens (tertiary/aromatic N) is 2. The molecule has 2 aromatic rings. The molecule has 1 amide bonds. The molecular weight excluding hydrogens is 247 g/mol. The van der Waals surface area contributed by atoms with E-state index < -0.39 is 5.82 Å². The number of nitrogens with two attached hydrogens (primary N) is 1. The number of amides is 1. The van der Waals surface area contributed by atoms with Crippen molar-refractivity contribution in [1.82, 2.24) is 9.78 Å². The minimum absolute atomic E-state index is 0.0421. The van der Waals surface area contributed by atoms with E-state index in [2.05, 4.69) is 10.4 Å². The summed E-state index contributed by atoms with van der Waals surface area (Å²) in [6, 6.07) is 5.73. The van der Waals surface area contributed by atoms with Gasteiger partial charge in [-0.2, -0.15) is 5.10 Å². The molecule has 3 N–H and O–H groups in total. The highest BCUT2D eigenvalue weighted by atomic mass is 19.1. The van der Waals surface area contributed by atoms with Crippen LogP contribution in [0.3, 0.4) is 0 Å². The molecule has 0 unspecified atom stereocenters. The van der Waals surface area contributed by atoms with Crippen molar-refractivity contribution in [1.29, 1.82) is 0 Å². The molecule has 0 radical (unpaired) electrons. The zero-order valence-corrected chi connectivity index (χ0v) is 10.8. The van der Waals surface area contributed by atoms with E-state index in [-0.39, 0.29) is 12.5 Å². The number of halogens is 1. The molecular formula is C13H15FN4O. The van der Waals surface area contributed by atoms with Crippen LogP contribution in [0.1, 0.15) is 11.4 Å². The minimum atomic E-state index is -0.395. The van der Waals surface area contributed by atoms with Gasteiger partial charge in [0.2, 0.25) is 5.91 Å². The maximum atomic E-state index is 13.0. The van der Waals surface area contributed by atoms with E-state index in [1.165, 1.54) is 22.9 Å². The van der Waals surface area contributed by atoms with Crippen LogP contribution in [0.25, 0.3) is 0 Å². The van der Waals surface area contributed by atoms with Gasteiger partial charge in [-0.05, 0) is 32.0 Å². The highest BCUT2D eigenvalue weighted by Gasteiger charge is 2.11. The fraction of sp³-hybridized carbons (Fsp3) is 0.231. The van der Waals surface area contributed by atoms with Crippen molar-refractivity contribution >= 4 is 17.3 Å². The number of benzene rings is 1. The fourth-order valence-corrected chi connectivity index (χ4v) is 1.77. The maximum absolute atomic E-state index is 13.0. The van der Waals surface area contributed by atoms with Crippen molar-refractivity contribution < 1.29 is 9.18 Å². The van der Waals surface area contributed by atoms with Gasteiger partial charge < -0.3 is 11.1 Å². The zero-order valence-electron chi connectivity index (χ0n) is 10.8. The molecule has 1 heterocycles. The Balaban J connectivity index is 2.07. The molecule has 1 aromatic heterocycles. The number of carbonyl (C=O) groups excluding carboxylic acids is 1. The van der Waals surface area contributed by atoms with Gasteiger partial charge in [0, 0.05) is 5.69 Å². The predicted molar refractivity (Wildman–Crippen MR) is 71.1 cm³/mol.